The lowest BCUT2D eigenvalue weighted by atomic mass is 10.2. The number of hydrogen-bond acceptors (Lipinski definition) is 8. The van der Waals surface area contributed by atoms with Crippen LogP contribution in [0, 0.1) is 0 Å². The van der Waals surface area contributed by atoms with Crippen LogP contribution in [0.1, 0.15) is 156 Å². The van der Waals surface area contributed by atoms with Gasteiger partial charge in [0.1, 0.15) is 0 Å². The lowest BCUT2D eigenvalue weighted by Crippen LogP contribution is -1.84. The van der Waals surface area contributed by atoms with Crippen LogP contribution in [0.2, 0.25) is 0 Å². The summed E-state index contributed by atoms with van der Waals surface area (Å²) in [5.74, 6) is 5.14. The van der Waals surface area contributed by atoms with Gasteiger partial charge in [-0.1, -0.05) is 177 Å². The monoisotopic (exact) mass is 724 g/mol. The maximum Gasteiger partial charge on any atom is 0.0717 e. The van der Waals surface area contributed by atoms with Gasteiger partial charge in [-0.05, 0) is 48.7 Å². The van der Waals surface area contributed by atoms with E-state index in [1.165, 1.54) is 151 Å². The maximum atomic E-state index is 2.32. The molecule has 2 aliphatic rings. The molecule has 0 fully saturated rings. The van der Waals surface area contributed by atoms with E-state index in [2.05, 4.69) is 122 Å². The fourth-order valence-electron chi connectivity index (χ4n) is 4.55. The van der Waals surface area contributed by atoms with Crippen molar-refractivity contribution < 1.29 is 0 Å². The number of unbranched alkanes of at least 4 members (excludes halogenated alkanes) is 16. The van der Waals surface area contributed by atoms with E-state index >= 15 is 0 Å². The molecule has 0 saturated carbocycles. The van der Waals surface area contributed by atoms with Crippen LogP contribution >= 0.6 is 94.1 Å². The second-order valence-electron chi connectivity index (χ2n) is 11.2. The second kappa shape index (κ2) is 28.1. The van der Waals surface area contributed by atoms with Crippen LogP contribution in [-0.4, -0.2) is 23.0 Å². The zero-order valence-electron chi connectivity index (χ0n) is 27.2. The summed E-state index contributed by atoms with van der Waals surface area (Å²) < 4.78 is 9.60. The molecule has 0 aliphatic carbocycles. The molecule has 0 amide bonds. The highest BCUT2D eigenvalue weighted by Gasteiger charge is 2.30. The van der Waals surface area contributed by atoms with Crippen LogP contribution in [0.4, 0.5) is 0 Å². The van der Waals surface area contributed by atoms with Gasteiger partial charge in [0.25, 0.3) is 0 Å². The molecule has 2 heterocycles. The summed E-state index contributed by atoms with van der Waals surface area (Å²) in [5.41, 5.74) is 0. The average molecular weight is 725 g/mol. The average Bonchev–Trinajstić information content (AvgIpc) is 3.60. The first-order chi connectivity index (χ1) is 20.7. The minimum absolute atomic E-state index is 1.28. The standard InChI is InChI=1S/C34H60S8/c1-5-9-13-17-21-25-35-29-30(36-26-22-18-14-10-6-2)40-33(39-29)34-41-31(37-27-23-19-15-11-7-3)32(42-34)38-28-24-20-16-12-8-4/h5-28H2,1-4H3. The van der Waals surface area contributed by atoms with Gasteiger partial charge in [-0.15, -0.1) is 47.0 Å². The van der Waals surface area contributed by atoms with Crippen LogP contribution in [0.5, 0.6) is 0 Å². The van der Waals surface area contributed by atoms with E-state index in [9.17, 15) is 0 Å². The molecule has 0 spiro atoms. The Morgan fingerprint density at radius 1 is 0.310 bits per heavy atom. The maximum absolute atomic E-state index is 2.32. The van der Waals surface area contributed by atoms with Gasteiger partial charge in [0.15, 0.2) is 0 Å². The highest BCUT2D eigenvalue weighted by Crippen LogP contribution is 2.66. The third-order valence-electron chi connectivity index (χ3n) is 7.17. The van der Waals surface area contributed by atoms with E-state index in [1.54, 1.807) is 25.4 Å². The van der Waals surface area contributed by atoms with Gasteiger partial charge >= 0.3 is 0 Å². The van der Waals surface area contributed by atoms with E-state index in [1.807, 2.05) is 0 Å². The molecule has 0 atom stereocenters. The molecule has 42 heavy (non-hydrogen) atoms. The summed E-state index contributed by atoms with van der Waals surface area (Å²) in [5, 5.41) is 0. The van der Waals surface area contributed by atoms with Crippen LogP contribution in [0.15, 0.2) is 25.4 Å². The van der Waals surface area contributed by atoms with Gasteiger partial charge in [-0.25, -0.2) is 0 Å². The highest BCUT2D eigenvalue weighted by molar-refractivity contribution is 8.45. The smallest absolute Gasteiger partial charge is 0.0717 e. The highest BCUT2D eigenvalue weighted by atomic mass is 32.3. The lowest BCUT2D eigenvalue weighted by molar-refractivity contribution is 0.659. The van der Waals surface area contributed by atoms with Crippen molar-refractivity contribution in [1.29, 1.82) is 0 Å². The number of rotatable bonds is 28. The number of hydrogen-bond donors (Lipinski definition) is 0. The Hall–Kier alpha value is 2.02. The van der Waals surface area contributed by atoms with Crippen LogP contribution in [0.25, 0.3) is 0 Å². The van der Waals surface area contributed by atoms with E-state index in [0.29, 0.717) is 0 Å². The van der Waals surface area contributed by atoms with Gasteiger partial charge in [-0.3, -0.25) is 0 Å². The van der Waals surface area contributed by atoms with Gasteiger partial charge in [0, 0.05) is 0 Å². The Balaban J connectivity index is 1.98. The van der Waals surface area contributed by atoms with Crippen molar-refractivity contribution >= 4 is 94.1 Å². The molecule has 8 heteroatoms. The first kappa shape index (κ1) is 40.2. The Kier molecular flexibility index (Phi) is 26.9. The SMILES string of the molecule is CCCCCCCSC1=C(SCCCCCCC)SC(=C2SC(SCCCCCCC)=C(SCCCCCCC)S2)S1. The van der Waals surface area contributed by atoms with Crippen LogP contribution in [-0.2, 0) is 0 Å². The predicted molar refractivity (Wildman–Crippen MR) is 216 cm³/mol. The second-order valence-corrected chi connectivity index (χ2v) is 21.2. The van der Waals surface area contributed by atoms with Crippen molar-refractivity contribution in [3.8, 4) is 0 Å². The van der Waals surface area contributed by atoms with Gasteiger partial charge in [0.05, 0.1) is 25.4 Å². The molecule has 0 nitrogen and oxygen atoms in total. The Morgan fingerprint density at radius 2 is 0.524 bits per heavy atom. The van der Waals surface area contributed by atoms with E-state index in [4.69, 9.17) is 0 Å². The zero-order valence-corrected chi connectivity index (χ0v) is 33.8. The predicted octanol–water partition coefficient (Wildman–Crippen LogP) is 16.1. The largest absolute Gasteiger partial charge is 0.117 e. The van der Waals surface area contributed by atoms with Crippen molar-refractivity contribution in [1.82, 2.24) is 0 Å². The molecule has 244 valence electrons. The molecule has 2 rings (SSSR count). The van der Waals surface area contributed by atoms with Gasteiger partial charge < -0.3 is 0 Å². The molecule has 0 saturated heterocycles. The van der Waals surface area contributed by atoms with Crippen LogP contribution in [0.3, 0.4) is 0 Å². The molecule has 0 aromatic rings. The zero-order chi connectivity index (χ0) is 30.1. The Bertz CT molecular complexity index is 664. The first-order valence-electron chi connectivity index (χ1n) is 17.2. The Morgan fingerprint density at radius 3 is 0.738 bits per heavy atom. The summed E-state index contributed by atoms with van der Waals surface area (Å²) in [4.78, 5) is 0. The van der Waals surface area contributed by atoms with Crippen molar-refractivity contribution in [2.45, 2.75) is 156 Å². The van der Waals surface area contributed by atoms with Crippen molar-refractivity contribution in [3.05, 3.63) is 25.4 Å². The summed E-state index contributed by atoms with van der Waals surface area (Å²) in [6, 6.07) is 0. The van der Waals surface area contributed by atoms with Gasteiger partial charge in [-0.2, -0.15) is 0 Å². The fourth-order valence-corrected chi connectivity index (χ4v) is 16.8. The molecule has 0 bridgehead atoms. The molecular formula is C34H60S8. The third-order valence-corrected chi connectivity index (χ3v) is 19.1. The third kappa shape index (κ3) is 18.4. The van der Waals surface area contributed by atoms with E-state index in [-0.39, 0.29) is 0 Å². The minimum atomic E-state index is 1.28. The van der Waals surface area contributed by atoms with Crippen molar-refractivity contribution in [2.24, 2.45) is 0 Å². The molecular weight excluding hydrogens is 665 g/mol. The van der Waals surface area contributed by atoms with E-state index < -0.39 is 0 Å². The minimum Gasteiger partial charge on any atom is -0.117 e. The number of thioether (sulfide) groups is 8. The van der Waals surface area contributed by atoms with Crippen molar-refractivity contribution in [2.75, 3.05) is 23.0 Å². The van der Waals surface area contributed by atoms with E-state index in [0.717, 1.165) is 0 Å². The molecule has 0 aromatic carbocycles. The molecule has 0 N–H and O–H groups in total. The summed E-state index contributed by atoms with van der Waals surface area (Å²) in [7, 11) is 0. The quantitative estimate of drug-likeness (QED) is 0.0722. The molecule has 0 unspecified atom stereocenters. The normalized spacial score (nSPS) is 15.7. The summed E-state index contributed by atoms with van der Waals surface area (Å²) in [6.45, 7) is 9.26. The van der Waals surface area contributed by atoms with Crippen molar-refractivity contribution in [3.63, 3.8) is 0 Å². The van der Waals surface area contributed by atoms with Crippen LogP contribution < -0.4 is 0 Å². The molecule has 2 aliphatic heterocycles. The summed E-state index contributed by atoms with van der Waals surface area (Å²) in [6.07, 6.45) is 27.6. The first-order valence-corrected chi connectivity index (χ1v) is 24.4. The van der Waals surface area contributed by atoms with Gasteiger partial charge in [0.2, 0.25) is 0 Å². The molecule has 0 radical (unpaired) electrons. The Labute approximate surface area is 296 Å². The lowest BCUT2D eigenvalue weighted by Gasteiger charge is -2.05. The fraction of sp³-hybridized carbons (Fsp3) is 0.824. The molecule has 0 aromatic heterocycles. The summed E-state index contributed by atoms with van der Waals surface area (Å²) >= 11 is 17.1. The topological polar surface area (TPSA) is 0 Å².